The second-order valence-corrected chi connectivity index (χ2v) is 6.13. The van der Waals surface area contributed by atoms with E-state index in [-0.39, 0.29) is 5.69 Å². The van der Waals surface area contributed by atoms with E-state index in [1.165, 1.54) is 17.2 Å². The molecule has 1 aliphatic rings. The highest BCUT2D eigenvalue weighted by atomic mass is 35.5. The van der Waals surface area contributed by atoms with Crippen molar-refractivity contribution in [2.45, 2.75) is 24.8 Å². The highest BCUT2D eigenvalue weighted by Crippen LogP contribution is 2.33. The number of rotatable bonds is 3. The maximum Gasteiger partial charge on any atom is 0.274 e. The Morgan fingerprint density at radius 3 is 2.38 bits per heavy atom. The molecule has 0 unspecified atom stereocenters. The summed E-state index contributed by atoms with van der Waals surface area (Å²) in [5.74, 6) is 0. The molecule has 3 rings (SSSR count). The maximum absolute atomic E-state index is 11.2. The molecular formula is C16H15ClN2O2. The van der Waals surface area contributed by atoms with Gasteiger partial charge in [-0.05, 0) is 36.5 Å². The lowest BCUT2D eigenvalue weighted by Crippen LogP contribution is -2.43. The summed E-state index contributed by atoms with van der Waals surface area (Å²) in [4.78, 5) is 10.8. The van der Waals surface area contributed by atoms with Gasteiger partial charge >= 0.3 is 0 Å². The minimum absolute atomic E-state index is 0.0447. The molecule has 0 amide bonds. The molecule has 2 aromatic carbocycles. The van der Waals surface area contributed by atoms with Gasteiger partial charge in [0.2, 0.25) is 0 Å². The van der Waals surface area contributed by atoms with Crippen molar-refractivity contribution in [1.82, 2.24) is 0 Å². The summed E-state index contributed by atoms with van der Waals surface area (Å²) in [6.45, 7) is 0. The lowest BCUT2D eigenvalue weighted by atomic mass is 9.88. The molecule has 0 saturated carbocycles. The van der Waals surface area contributed by atoms with Crippen molar-refractivity contribution >= 4 is 17.3 Å². The molecule has 0 bridgehead atoms. The van der Waals surface area contributed by atoms with Crippen LogP contribution in [0.25, 0.3) is 0 Å². The van der Waals surface area contributed by atoms with Gasteiger partial charge in [-0.2, -0.15) is 0 Å². The van der Waals surface area contributed by atoms with E-state index in [9.17, 15) is 10.1 Å². The van der Waals surface area contributed by atoms with E-state index in [0.717, 1.165) is 12.8 Å². The first-order valence-corrected chi connectivity index (χ1v) is 7.13. The molecule has 0 atom stereocenters. The first-order chi connectivity index (χ1) is 9.97. The first kappa shape index (κ1) is 14.0. The fraction of sp³-hybridized carbons (Fsp3) is 0.250. The molecule has 21 heavy (non-hydrogen) atoms. The lowest BCUT2D eigenvalue weighted by Gasteiger charge is -2.23. The summed E-state index contributed by atoms with van der Waals surface area (Å²) in [7, 11) is 0. The van der Waals surface area contributed by atoms with Gasteiger partial charge in [-0.3, -0.25) is 10.1 Å². The molecular weight excluding hydrogens is 288 g/mol. The number of nitro benzene ring substituents is 1. The molecule has 0 aliphatic heterocycles. The van der Waals surface area contributed by atoms with Crippen LogP contribution in [0.4, 0.5) is 5.69 Å². The number of hydrogen-bond acceptors (Lipinski definition) is 3. The van der Waals surface area contributed by atoms with Gasteiger partial charge in [-0.25, -0.2) is 0 Å². The number of fused-ring (bicyclic) bond motifs is 1. The van der Waals surface area contributed by atoms with Crippen LogP contribution in [0.15, 0.2) is 42.5 Å². The fourth-order valence-electron chi connectivity index (χ4n) is 3.08. The van der Waals surface area contributed by atoms with Crippen molar-refractivity contribution < 1.29 is 4.92 Å². The Balaban J connectivity index is 1.90. The van der Waals surface area contributed by atoms with Crippen LogP contribution in [0.2, 0.25) is 5.02 Å². The predicted octanol–water partition coefficient (Wildman–Crippen LogP) is 3.29. The molecule has 0 fully saturated rings. The minimum atomic E-state index is -0.470. The van der Waals surface area contributed by atoms with Crippen molar-refractivity contribution in [1.29, 1.82) is 0 Å². The van der Waals surface area contributed by atoms with Gasteiger partial charge in [-0.1, -0.05) is 41.9 Å². The summed E-state index contributed by atoms with van der Waals surface area (Å²) in [6, 6.07) is 12.9. The molecule has 0 radical (unpaired) electrons. The largest absolute Gasteiger partial charge is 0.324 e. The van der Waals surface area contributed by atoms with Crippen LogP contribution in [0.5, 0.6) is 0 Å². The Morgan fingerprint density at radius 2 is 1.81 bits per heavy atom. The molecule has 4 nitrogen and oxygen atoms in total. The van der Waals surface area contributed by atoms with Crippen molar-refractivity contribution in [3.63, 3.8) is 0 Å². The second-order valence-electron chi connectivity index (χ2n) is 5.69. The quantitative estimate of drug-likeness (QED) is 0.698. The molecule has 0 spiro atoms. The van der Waals surface area contributed by atoms with Gasteiger partial charge in [-0.15, -0.1) is 0 Å². The van der Waals surface area contributed by atoms with Crippen LogP contribution in [-0.4, -0.2) is 10.5 Å². The van der Waals surface area contributed by atoms with E-state index in [0.29, 0.717) is 17.0 Å². The highest BCUT2D eigenvalue weighted by Gasteiger charge is 2.35. The standard InChI is InChI=1S/C16H15ClN2O2/c17-14-6-5-13(15(7-14)19(20)21)10-16(18)8-11-3-1-2-4-12(11)9-16/h1-7H,8-10,18H2. The second kappa shape index (κ2) is 5.13. The number of hydrogen-bond donors (Lipinski definition) is 1. The van der Waals surface area contributed by atoms with E-state index >= 15 is 0 Å². The SMILES string of the molecule is NC1(Cc2ccc(Cl)cc2[N+](=O)[O-])Cc2ccccc2C1. The van der Waals surface area contributed by atoms with Crippen LogP contribution in [0.1, 0.15) is 16.7 Å². The fourth-order valence-corrected chi connectivity index (χ4v) is 3.25. The molecule has 108 valence electrons. The van der Waals surface area contributed by atoms with E-state index in [4.69, 9.17) is 17.3 Å². The zero-order valence-corrected chi connectivity index (χ0v) is 12.1. The lowest BCUT2D eigenvalue weighted by molar-refractivity contribution is -0.385. The van der Waals surface area contributed by atoms with Gasteiger partial charge < -0.3 is 5.73 Å². The van der Waals surface area contributed by atoms with Crippen molar-refractivity contribution in [3.05, 3.63) is 74.3 Å². The van der Waals surface area contributed by atoms with Crippen molar-refractivity contribution in [2.75, 3.05) is 0 Å². The summed E-state index contributed by atoms with van der Waals surface area (Å²) in [5, 5.41) is 11.5. The number of nitrogens with two attached hydrogens (primary N) is 1. The Hall–Kier alpha value is -1.91. The zero-order chi connectivity index (χ0) is 15.0. The normalized spacial score (nSPS) is 15.7. The number of nitro groups is 1. The molecule has 2 aromatic rings. The van der Waals surface area contributed by atoms with Crippen LogP contribution >= 0.6 is 11.6 Å². The molecule has 0 saturated heterocycles. The Labute approximate surface area is 127 Å². The monoisotopic (exact) mass is 302 g/mol. The van der Waals surface area contributed by atoms with Gasteiger partial charge in [0.1, 0.15) is 0 Å². The third-order valence-corrected chi connectivity index (χ3v) is 4.23. The molecule has 0 heterocycles. The van der Waals surface area contributed by atoms with Crippen LogP contribution < -0.4 is 5.73 Å². The highest BCUT2D eigenvalue weighted by molar-refractivity contribution is 6.30. The van der Waals surface area contributed by atoms with Crippen LogP contribution in [-0.2, 0) is 19.3 Å². The third-order valence-electron chi connectivity index (χ3n) is 3.99. The molecule has 5 heteroatoms. The van der Waals surface area contributed by atoms with Gasteiger partial charge in [0, 0.05) is 22.2 Å². The number of nitrogens with zero attached hydrogens (tertiary/aromatic N) is 1. The Morgan fingerprint density at radius 1 is 1.19 bits per heavy atom. The topological polar surface area (TPSA) is 69.2 Å². The average molecular weight is 303 g/mol. The minimum Gasteiger partial charge on any atom is -0.324 e. The van der Waals surface area contributed by atoms with Crippen molar-refractivity contribution in [2.24, 2.45) is 5.73 Å². The number of benzene rings is 2. The Kier molecular flexibility index (Phi) is 3.43. The van der Waals surface area contributed by atoms with Gasteiger partial charge in [0.25, 0.3) is 5.69 Å². The first-order valence-electron chi connectivity index (χ1n) is 6.75. The Bertz CT molecular complexity index is 690. The zero-order valence-electron chi connectivity index (χ0n) is 11.4. The summed E-state index contributed by atoms with van der Waals surface area (Å²) >= 11 is 5.85. The summed E-state index contributed by atoms with van der Waals surface area (Å²) in [6.07, 6.45) is 1.95. The van der Waals surface area contributed by atoms with E-state index in [1.54, 1.807) is 12.1 Å². The molecule has 2 N–H and O–H groups in total. The smallest absolute Gasteiger partial charge is 0.274 e. The number of halogens is 1. The summed E-state index contributed by atoms with van der Waals surface area (Å²) < 4.78 is 0. The van der Waals surface area contributed by atoms with Gasteiger partial charge in [0.15, 0.2) is 0 Å². The van der Waals surface area contributed by atoms with Crippen LogP contribution in [0, 0.1) is 10.1 Å². The predicted molar refractivity (Wildman–Crippen MR) is 82.6 cm³/mol. The van der Waals surface area contributed by atoms with E-state index in [1.807, 2.05) is 12.1 Å². The van der Waals surface area contributed by atoms with E-state index < -0.39 is 10.5 Å². The van der Waals surface area contributed by atoms with Gasteiger partial charge in [0.05, 0.1) is 4.92 Å². The molecule has 0 aromatic heterocycles. The van der Waals surface area contributed by atoms with Crippen LogP contribution in [0.3, 0.4) is 0 Å². The van der Waals surface area contributed by atoms with Crippen molar-refractivity contribution in [3.8, 4) is 0 Å². The maximum atomic E-state index is 11.2. The molecule has 1 aliphatic carbocycles. The van der Waals surface area contributed by atoms with E-state index in [2.05, 4.69) is 12.1 Å². The summed E-state index contributed by atoms with van der Waals surface area (Å²) in [5.41, 5.74) is 9.17. The average Bonchev–Trinajstić information content (AvgIpc) is 2.76. The third kappa shape index (κ3) is 2.77.